The first-order chi connectivity index (χ1) is 23.9. The van der Waals surface area contributed by atoms with Crippen molar-refractivity contribution in [3.05, 3.63) is 131 Å². The van der Waals surface area contributed by atoms with E-state index in [-0.39, 0.29) is 24.7 Å². The maximum atomic E-state index is 13.9. The number of hydrogen-bond acceptors (Lipinski definition) is 2. The molecule has 0 fully saturated rings. The summed E-state index contributed by atoms with van der Waals surface area (Å²) in [5, 5.41) is 0. The monoisotopic (exact) mass is 705 g/mol. The molecular weight excluding hydrogens is 662 g/mol. The molecule has 51 heavy (non-hydrogen) atoms. The number of ketones is 1. The van der Waals surface area contributed by atoms with E-state index in [1.54, 1.807) is 6.07 Å². The van der Waals surface area contributed by atoms with Crippen LogP contribution < -0.4 is 4.90 Å². The Hall–Kier alpha value is -4.40. The molecule has 3 nitrogen and oxygen atoms in total. The van der Waals surface area contributed by atoms with Crippen LogP contribution in [0.25, 0.3) is 0 Å². The SMILES string of the molecule is CC(=CC1=[N+](CC(=O)CC2C=CC=C2)c2ccc(C(F)(F)F)cc2C1(C)C)C=C1N(CCCC2C=CC=C2)c2ccc(C(F)(F)F)cc2C1(C)C. The van der Waals surface area contributed by atoms with Gasteiger partial charge in [0.2, 0.25) is 12.2 Å². The van der Waals surface area contributed by atoms with Gasteiger partial charge in [0.1, 0.15) is 0 Å². The molecule has 0 saturated carbocycles. The van der Waals surface area contributed by atoms with Crippen molar-refractivity contribution in [2.75, 3.05) is 18.0 Å². The molecule has 0 saturated heterocycles. The van der Waals surface area contributed by atoms with Crippen molar-refractivity contribution < 1.29 is 35.7 Å². The highest BCUT2D eigenvalue weighted by atomic mass is 19.4. The highest BCUT2D eigenvalue weighted by Gasteiger charge is 2.47. The first-order valence-electron chi connectivity index (χ1n) is 17.4. The van der Waals surface area contributed by atoms with Crippen LogP contribution in [0.15, 0.2) is 108 Å². The van der Waals surface area contributed by atoms with Gasteiger partial charge in [0.25, 0.3) is 0 Å². The van der Waals surface area contributed by atoms with E-state index in [4.69, 9.17) is 0 Å². The van der Waals surface area contributed by atoms with E-state index in [9.17, 15) is 31.1 Å². The van der Waals surface area contributed by atoms with Crippen molar-refractivity contribution in [3.63, 3.8) is 0 Å². The van der Waals surface area contributed by atoms with E-state index < -0.39 is 34.3 Å². The number of carbonyl (C=O) groups is 1. The zero-order valence-corrected chi connectivity index (χ0v) is 29.5. The lowest BCUT2D eigenvalue weighted by molar-refractivity contribution is -0.425. The van der Waals surface area contributed by atoms with Gasteiger partial charge in [0.05, 0.1) is 16.5 Å². The Morgan fingerprint density at radius 1 is 0.804 bits per heavy atom. The second-order valence-electron chi connectivity index (χ2n) is 15.0. The summed E-state index contributed by atoms with van der Waals surface area (Å²) in [6, 6.07) is 7.61. The topological polar surface area (TPSA) is 23.3 Å². The lowest BCUT2D eigenvalue weighted by Gasteiger charge is -2.28. The molecule has 268 valence electrons. The van der Waals surface area contributed by atoms with Gasteiger partial charge >= 0.3 is 12.4 Å². The molecule has 9 heteroatoms. The molecule has 6 rings (SSSR count). The molecule has 0 atom stereocenters. The number of benzene rings is 2. The number of rotatable bonds is 10. The molecule has 0 aromatic heterocycles. The Morgan fingerprint density at radius 2 is 1.37 bits per heavy atom. The van der Waals surface area contributed by atoms with Gasteiger partial charge in [-0.05, 0) is 87.1 Å². The quantitative estimate of drug-likeness (QED) is 0.181. The van der Waals surface area contributed by atoms with Crippen LogP contribution in [0.2, 0.25) is 0 Å². The van der Waals surface area contributed by atoms with Crippen LogP contribution in [0.1, 0.15) is 76.1 Å². The fourth-order valence-corrected chi connectivity index (χ4v) is 7.78. The minimum Gasteiger partial charge on any atom is -0.344 e. The molecule has 2 aliphatic heterocycles. The maximum absolute atomic E-state index is 13.9. The summed E-state index contributed by atoms with van der Waals surface area (Å²) in [5.41, 5.74) is 1.49. The predicted molar refractivity (Wildman–Crippen MR) is 190 cm³/mol. The van der Waals surface area contributed by atoms with E-state index in [0.29, 0.717) is 35.0 Å². The summed E-state index contributed by atoms with van der Waals surface area (Å²) in [6.07, 6.45) is 12.8. The number of carbonyl (C=O) groups excluding carboxylic acids is 1. The molecular formula is C42H43F6N2O+. The first kappa shape index (κ1) is 36.4. The van der Waals surface area contributed by atoms with Gasteiger partial charge in [0.15, 0.2) is 11.5 Å². The lowest BCUT2D eigenvalue weighted by Crippen LogP contribution is -2.30. The van der Waals surface area contributed by atoms with Crippen LogP contribution in [-0.2, 0) is 28.0 Å². The smallest absolute Gasteiger partial charge is 0.344 e. The molecule has 2 aromatic carbocycles. The van der Waals surface area contributed by atoms with Gasteiger partial charge in [-0.3, -0.25) is 4.79 Å². The number of alkyl halides is 6. The number of halogens is 6. The molecule has 0 bridgehead atoms. The van der Waals surface area contributed by atoms with Crippen LogP contribution in [-0.4, -0.2) is 29.2 Å². The second kappa shape index (κ2) is 13.3. The normalized spacial score (nSPS) is 20.4. The summed E-state index contributed by atoms with van der Waals surface area (Å²) < 4.78 is 85.1. The summed E-state index contributed by atoms with van der Waals surface area (Å²) in [6.45, 7) is 10.0. The lowest BCUT2D eigenvalue weighted by atomic mass is 9.80. The minimum atomic E-state index is -4.53. The third-order valence-corrected chi connectivity index (χ3v) is 10.5. The van der Waals surface area contributed by atoms with Crippen molar-refractivity contribution >= 4 is 22.9 Å². The summed E-state index contributed by atoms with van der Waals surface area (Å²) in [7, 11) is 0. The zero-order valence-electron chi connectivity index (χ0n) is 29.5. The molecule has 2 aromatic rings. The highest BCUT2D eigenvalue weighted by Crippen LogP contribution is 2.50. The number of nitrogens with zero attached hydrogens (tertiary/aromatic N) is 2. The number of Topliss-reactive ketones (excluding diaryl/α,β-unsaturated/α-hetero) is 1. The van der Waals surface area contributed by atoms with Crippen LogP contribution in [0.3, 0.4) is 0 Å². The fourth-order valence-electron chi connectivity index (χ4n) is 7.78. The van der Waals surface area contributed by atoms with E-state index in [1.165, 1.54) is 18.2 Å². The van der Waals surface area contributed by atoms with Crippen LogP contribution in [0.4, 0.5) is 37.7 Å². The molecule has 4 aliphatic rings. The van der Waals surface area contributed by atoms with Gasteiger partial charge in [-0.15, -0.1) is 0 Å². The number of fused-ring (bicyclic) bond motifs is 2. The Balaban J connectivity index is 1.41. The van der Waals surface area contributed by atoms with Crippen LogP contribution >= 0.6 is 0 Å². The first-order valence-corrected chi connectivity index (χ1v) is 17.4. The van der Waals surface area contributed by atoms with Crippen LogP contribution in [0.5, 0.6) is 0 Å². The summed E-state index contributed by atoms with van der Waals surface area (Å²) in [5.74, 6) is 0.241. The van der Waals surface area contributed by atoms with Gasteiger partial charge in [-0.2, -0.15) is 30.9 Å². The van der Waals surface area contributed by atoms with Crippen molar-refractivity contribution in [3.8, 4) is 0 Å². The molecule has 2 heterocycles. The van der Waals surface area contributed by atoms with Gasteiger partial charge in [-0.1, -0.05) is 62.5 Å². The Labute approximate surface area is 295 Å². The molecule has 0 N–H and O–H groups in total. The fraction of sp³-hybridized carbons (Fsp3) is 0.381. The van der Waals surface area contributed by atoms with Crippen LogP contribution in [0, 0.1) is 11.8 Å². The van der Waals surface area contributed by atoms with E-state index in [2.05, 4.69) is 17.1 Å². The molecule has 0 spiro atoms. The van der Waals surface area contributed by atoms with Gasteiger partial charge < -0.3 is 4.90 Å². The maximum Gasteiger partial charge on any atom is 0.416 e. The average Bonchev–Trinajstić information content (AvgIpc) is 3.83. The van der Waals surface area contributed by atoms with E-state index >= 15 is 0 Å². The molecule has 0 radical (unpaired) electrons. The Kier molecular flexibility index (Phi) is 9.49. The Morgan fingerprint density at radius 3 is 1.98 bits per heavy atom. The molecule has 0 unspecified atom stereocenters. The number of anilines is 1. The largest absolute Gasteiger partial charge is 0.416 e. The summed E-state index contributed by atoms with van der Waals surface area (Å²) in [4.78, 5) is 15.5. The van der Waals surface area contributed by atoms with E-state index in [1.807, 2.05) is 87.8 Å². The summed E-state index contributed by atoms with van der Waals surface area (Å²) >= 11 is 0. The second-order valence-corrected chi connectivity index (χ2v) is 15.0. The van der Waals surface area contributed by atoms with Gasteiger partial charge in [-0.25, -0.2) is 0 Å². The van der Waals surface area contributed by atoms with Crippen molar-refractivity contribution in [1.82, 2.24) is 0 Å². The predicted octanol–water partition coefficient (Wildman–Crippen LogP) is 11.0. The number of allylic oxidation sites excluding steroid dienone is 12. The number of hydrogen-bond donors (Lipinski definition) is 0. The highest BCUT2D eigenvalue weighted by molar-refractivity contribution is 6.04. The standard InChI is InChI=1S/C42H43F6N2O/c1-27(21-37-39(2,3)33-24-30(41(43,44)45)16-18-35(33)49(37)20-10-15-28-11-6-7-12-28)22-38-40(4,5)34-25-31(42(46,47)48)17-19-36(34)50(38)26-32(51)23-29-13-8-9-14-29/h6-9,11-14,16-19,21-22,24-25,28-29H,10,15,20,23,26H2,1-5H3/q+1. The zero-order chi connectivity index (χ0) is 36.9. The van der Waals surface area contributed by atoms with Crippen molar-refractivity contribution in [2.24, 2.45) is 11.8 Å². The average molecular weight is 706 g/mol. The molecule has 0 amide bonds. The van der Waals surface area contributed by atoms with Crippen molar-refractivity contribution in [2.45, 2.75) is 77.1 Å². The van der Waals surface area contributed by atoms with E-state index in [0.717, 1.165) is 41.9 Å². The van der Waals surface area contributed by atoms with Crippen molar-refractivity contribution in [1.29, 1.82) is 0 Å². The third kappa shape index (κ3) is 7.22. The molecule has 2 aliphatic carbocycles. The Bertz CT molecular complexity index is 1920. The third-order valence-electron chi connectivity index (χ3n) is 10.5. The van der Waals surface area contributed by atoms with Gasteiger partial charge in [0, 0.05) is 53.4 Å². The minimum absolute atomic E-state index is 0.0109.